The molecule has 0 bridgehead atoms. The fourth-order valence-corrected chi connectivity index (χ4v) is 1.82. The van der Waals surface area contributed by atoms with E-state index in [4.69, 9.17) is 0 Å². The predicted octanol–water partition coefficient (Wildman–Crippen LogP) is 2.39. The number of fused-ring (bicyclic) bond motifs is 1. The van der Waals surface area contributed by atoms with Crippen LogP contribution in [0, 0.1) is 0 Å². The first kappa shape index (κ1) is 14.8. The molecule has 23 heavy (non-hydrogen) atoms. The van der Waals surface area contributed by atoms with Gasteiger partial charge in [-0.3, -0.25) is 15.6 Å². The molecule has 3 aromatic rings. The summed E-state index contributed by atoms with van der Waals surface area (Å²) in [5.41, 5.74) is 3.90. The Balaban J connectivity index is 1.85. The Morgan fingerprint density at radius 3 is 2.65 bits per heavy atom. The molecule has 0 fully saturated rings. The Labute approximate surface area is 126 Å². The van der Waals surface area contributed by atoms with Crippen molar-refractivity contribution in [2.24, 2.45) is 0 Å². The van der Waals surface area contributed by atoms with Crippen LogP contribution in [0.2, 0.25) is 0 Å². The van der Waals surface area contributed by atoms with E-state index >= 15 is 0 Å². The average molecular weight is 323 g/mol. The third-order valence-corrected chi connectivity index (χ3v) is 2.86. The minimum Gasteiger partial charge on any atom is -0.351 e. The standard InChI is InChI=1S/C13H8F3N5O2/c14-13(15,16)10-2-1-7-8(19-10)3-5-17-11(7)20-21-12(22)9-4-6-18-23-9/h1-6H,(H,17,20)(H,21,22). The van der Waals surface area contributed by atoms with Crippen LogP contribution in [0.4, 0.5) is 19.0 Å². The number of carbonyl (C=O) groups is 1. The summed E-state index contributed by atoms with van der Waals surface area (Å²) in [6.07, 6.45) is -1.96. The van der Waals surface area contributed by atoms with Crippen LogP contribution in [-0.2, 0) is 6.18 Å². The van der Waals surface area contributed by atoms with Crippen LogP contribution in [0.15, 0.2) is 41.2 Å². The molecular weight excluding hydrogens is 315 g/mol. The van der Waals surface area contributed by atoms with E-state index in [1.165, 1.54) is 30.6 Å². The second-order valence-electron chi connectivity index (χ2n) is 4.38. The van der Waals surface area contributed by atoms with Crippen LogP contribution < -0.4 is 10.9 Å². The van der Waals surface area contributed by atoms with Crippen molar-refractivity contribution in [1.29, 1.82) is 0 Å². The van der Waals surface area contributed by atoms with Gasteiger partial charge in [0.05, 0.1) is 11.7 Å². The van der Waals surface area contributed by atoms with Gasteiger partial charge >= 0.3 is 12.1 Å². The molecule has 0 aliphatic carbocycles. The van der Waals surface area contributed by atoms with Crippen molar-refractivity contribution in [1.82, 2.24) is 20.6 Å². The second kappa shape index (κ2) is 5.55. The van der Waals surface area contributed by atoms with Crippen molar-refractivity contribution in [3.05, 3.63) is 48.1 Å². The summed E-state index contributed by atoms with van der Waals surface area (Å²) in [5.74, 6) is -0.493. The van der Waals surface area contributed by atoms with Gasteiger partial charge in [0, 0.05) is 17.6 Å². The molecule has 3 aromatic heterocycles. The monoisotopic (exact) mass is 323 g/mol. The number of alkyl halides is 3. The highest BCUT2D eigenvalue weighted by molar-refractivity contribution is 5.94. The number of hydrazine groups is 1. The highest BCUT2D eigenvalue weighted by atomic mass is 19.4. The number of aromatic nitrogens is 3. The molecule has 0 aliphatic rings. The zero-order valence-corrected chi connectivity index (χ0v) is 11.3. The Hall–Kier alpha value is -3.17. The second-order valence-corrected chi connectivity index (χ2v) is 4.38. The highest BCUT2D eigenvalue weighted by Crippen LogP contribution is 2.30. The van der Waals surface area contributed by atoms with Gasteiger partial charge < -0.3 is 4.52 Å². The van der Waals surface area contributed by atoms with Gasteiger partial charge in [0.25, 0.3) is 0 Å². The summed E-state index contributed by atoms with van der Waals surface area (Å²) in [7, 11) is 0. The van der Waals surface area contributed by atoms with Gasteiger partial charge in [0.2, 0.25) is 5.76 Å². The normalized spacial score (nSPS) is 11.4. The summed E-state index contributed by atoms with van der Waals surface area (Å²) in [4.78, 5) is 19.2. The molecule has 2 N–H and O–H groups in total. The molecule has 0 saturated carbocycles. The predicted molar refractivity (Wildman–Crippen MR) is 72.1 cm³/mol. The molecule has 1 amide bonds. The lowest BCUT2D eigenvalue weighted by atomic mass is 10.2. The topological polar surface area (TPSA) is 92.9 Å². The van der Waals surface area contributed by atoms with Gasteiger partial charge in [0.15, 0.2) is 5.82 Å². The van der Waals surface area contributed by atoms with Crippen molar-refractivity contribution in [2.45, 2.75) is 6.18 Å². The van der Waals surface area contributed by atoms with E-state index in [9.17, 15) is 18.0 Å². The van der Waals surface area contributed by atoms with Gasteiger partial charge in [-0.2, -0.15) is 13.2 Å². The molecule has 0 saturated heterocycles. The fraction of sp³-hybridized carbons (Fsp3) is 0.0769. The Morgan fingerprint density at radius 2 is 1.96 bits per heavy atom. The van der Waals surface area contributed by atoms with Gasteiger partial charge in [-0.05, 0) is 18.2 Å². The smallest absolute Gasteiger partial charge is 0.351 e. The number of amides is 1. The highest BCUT2D eigenvalue weighted by Gasteiger charge is 2.32. The van der Waals surface area contributed by atoms with Crippen molar-refractivity contribution in [2.75, 3.05) is 5.43 Å². The van der Waals surface area contributed by atoms with E-state index in [2.05, 4.69) is 30.5 Å². The number of hydrogen-bond donors (Lipinski definition) is 2. The first-order valence-corrected chi connectivity index (χ1v) is 6.25. The summed E-state index contributed by atoms with van der Waals surface area (Å²) in [5, 5.41) is 3.70. The van der Waals surface area contributed by atoms with E-state index in [-0.39, 0.29) is 17.1 Å². The molecule has 0 spiro atoms. The number of nitrogens with one attached hydrogen (secondary N) is 2. The third kappa shape index (κ3) is 3.05. The zero-order chi connectivity index (χ0) is 16.4. The molecule has 118 valence electrons. The number of anilines is 1. The fourth-order valence-electron chi connectivity index (χ4n) is 1.82. The van der Waals surface area contributed by atoms with Gasteiger partial charge in [0.1, 0.15) is 5.69 Å². The maximum Gasteiger partial charge on any atom is 0.433 e. The lowest BCUT2D eigenvalue weighted by Crippen LogP contribution is -2.29. The number of nitrogens with zero attached hydrogens (tertiary/aromatic N) is 3. The number of rotatable bonds is 3. The minimum atomic E-state index is -4.54. The molecule has 0 atom stereocenters. The Bertz CT molecular complexity index is 848. The van der Waals surface area contributed by atoms with Gasteiger partial charge in [-0.15, -0.1) is 0 Å². The molecule has 0 aliphatic heterocycles. The molecule has 10 heteroatoms. The maximum atomic E-state index is 12.7. The third-order valence-electron chi connectivity index (χ3n) is 2.86. The van der Waals surface area contributed by atoms with E-state index in [0.717, 1.165) is 6.07 Å². The van der Waals surface area contributed by atoms with Crippen molar-refractivity contribution < 1.29 is 22.5 Å². The minimum absolute atomic E-state index is 0.0322. The SMILES string of the molecule is O=C(NNc1nccc2nc(C(F)(F)F)ccc12)c1ccno1. The van der Waals surface area contributed by atoms with E-state index in [0.29, 0.717) is 5.39 Å². The zero-order valence-electron chi connectivity index (χ0n) is 11.3. The van der Waals surface area contributed by atoms with Crippen LogP contribution >= 0.6 is 0 Å². The summed E-state index contributed by atoms with van der Waals surface area (Å²) in [6.45, 7) is 0. The molecule has 7 nitrogen and oxygen atoms in total. The van der Waals surface area contributed by atoms with Gasteiger partial charge in [-0.25, -0.2) is 9.97 Å². The number of halogens is 3. The Kier molecular flexibility index (Phi) is 3.56. The lowest BCUT2D eigenvalue weighted by molar-refractivity contribution is -0.140. The van der Waals surface area contributed by atoms with Crippen LogP contribution in [0.5, 0.6) is 0 Å². The summed E-state index contributed by atoms with van der Waals surface area (Å²) in [6, 6.07) is 4.76. The Morgan fingerprint density at radius 1 is 1.13 bits per heavy atom. The molecule has 3 rings (SSSR count). The molecule has 3 heterocycles. The van der Waals surface area contributed by atoms with E-state index in [1.54, 1.807) is 0 Å². The van der Waals surface area contributed by atoms with E-state index in [1.807, 2.05) is 0 Å². The van der Waals surface area contributed by atoms with Crippen LogP contribution in [0.25, 0.3) is 10.9 Å². The largest absolute Gasteiger partial charge is 0.433 e. The summed E-state index contributed by atoms with van der Waals surface area (Å²) >= 11 is 0. The summed E-state index contributed by atoms with van der Waals surface area (Å²) < 4.78 is 42.6. The van der Waals surface area contributed by atoms with Crippen molar-refractivity contribution in [3.63, 3.8) is 0 Å². The maximum absolute atomic E-state index is 12.7. The van der Waals surface area contributed by atoms with Crippen molar-refractivity contribution >= 4 is 22.6 Å². The molecule has 0 aromatic carbocycles. The quantitative estimate of drug-likeness (QED) is 0.719. The van der Waals surface area contributed by atoms with Crippen LogP contribution in [-0.4, -0.2) is 21.0 Å². The first-order chi connectivity index (χ1) is 10.9. The van der Waals surface area contributed by atoms with Gasteiger partial charge in [-0.1, -0.05) is 5.16 Å². The van der Waals surface area contributed by atoms with E-state index < -0.39 is 17.8 Å². The number of carbonyl (C=O) groups excluding carboxylic acids is 1. The molecular formula is C13H8F3N5O2. The van der Waals surface area contributed by atoms with Crippen LogP contribution in [0.3, 0.4) is 0 Å². The average Bonchev–Trinajstić information content (AvgIpc) is 3.05. The first-order valence-electron chi connectivity index (χ1n) is 6.25. The molecule has 0 radical (unpaired) electrons. The number of pyridine rings is 2. The van der Waals surface area contributed by atoms with Crippen LogP contribution in [0.1, 0.15) is 16.2 Å². The van der Waals surface area contributed by atoms with Crippen molar-refractivity contribution in [3.8, 4) is 0 Å². The number of hydrogen-bond acceptors (Lipinski definition) is 6. The lowest BCUT2D eigenvalue weighted by Gasteiger charge is -2.10. The molecule has 0 unspecified atom stereocenters.